The van der Waals surface area contributed by atoms with Crippen molar-refractivity contribution in [3.8, 4) is 0 Å². The van der Waals surface area contributed by atoms with Crippen LogP contribution in [0.4, 0.5) is 13.2 Å². The Bertz CT molecular complexity index is 277. The lowest BCUT2D eigenvalue weighted by Gasteiger charge is -2.01. The van der Waals surface area contributed by atoms with E-state index in [1.165, 1.54) is 0 Å². The van der Waals surface area contributed by atoms with Gasteiger partial charge in [0, 0.05) is 11.6 Å². The van der Waals surface area contributed by atoms with Crippen LogP contribution in [0.25, 0.3) is 0 Å². The van der Waals surface area contributed by atoms with Gasteiger partial charge >= 0.3 is 0 Å². The second-order valence-electron chi connectivity index (χ2n) is 2.15. The van der Waals surface area contributed by atoms with E-state index < -0.39 is 17.9 Å². The van der Waals surface area contributed by atoms with E-state index in [0.717, 1.165) is 6.07 Å². The number of pyridine rings is 1. The number of halogens is 4. The van der Waals surface area contributed by atoms with Crippen molar-refractivity contribution in [1.82, 2.24) is 4.98 Å². The van der Waals surface area contributed by atoms with Gasteiger partial charge in [0.15, 0.2) is 0 Å². The molecular weight excluding hydrogens is 191 g/mol. The molecule has 0 saturated carbocycles. The van der Waals surface area contributed by atoms with Crippen LogP contribution in [0, 0.1) is 5.95 Å². The number of hydrogen-bond acceptors (Lipinski definition) is 1. The molecule has 0 N–H and O–H groups in total. The van der Waals surface area contributed by atoms with E-state index in [4.69, 9.17) is 11.6 Å². The maximum Gasteiger partial charge on any atom is 0.264 e. The highest BCUT2D eigenvalue weighted by Gasteiger charge is 2.10. The molecule has 0 bridgehead atoms. The standard InChI is InChI=1S/C7H5ClF3N/c8-3-5-1-4(7(10)11)2-6(9)12-5/h1-2,7H,3H2. The third-order valence-electron chi connectivity index (χ3n) is 1.26. The van der Waals surface area contributed by atoms with E-state index in [0.29, 0.717) is 6.07 Å². The molecule has 0 spiro atoms. The molecule has 0 unspecified atom stereocenters. The molecule has 0 amide bonds. The lowest BCUT2D eigenvalue weighted by molar-refractivity contribution is 0.150. The largest absolute Gasteiger partial charge is 0.264 e. The summed E-state index contributed by atoms with van der Waals surface area (Å²) in [5, 5.41) is 0. The van der Waals surface area contributed by atoms with Gasteiger partial charge < -0.3 is 0 Å². The predicted octanol–water partition coefficient (Wildman–Crippen LogP) is 2.90. The summed E-state index contributed by atoms with van der Waals surface area (Å²) in [6, 6.07) is 1.78. The van der Waals surface area contributed by atoms with Gasteiger partial charge in [-0.2, -0.15) is 4.39 Å². The van der Waals surface area contributed by atoms with Gasteiger partial charge in [-0.05, 0) is 6.07 Å². The van der Waals surface area contributed by atoms with Crippen LogP contribution in [0.3, 0.4) is 0 Å². The summed E-state index contributed by atoms with van der Waals surface area (Å²) in [7, 11) is 0. The molecule has 0 atom stereocenters. The zero-order chi connectivity index (χ0) is 9.14. The quantitative estimate of drug-likeness (QED) is 0.522. The number of aromatic nitrogens is 1. The van der Waals surface area contributed by atoms with E-state index in [1.807, 2.05) is 0 Å². The summed E-state index contributed by atoms with van der Waals surface area (Å²) in [6.45, 7) is 0. The Morgan fingerprint density at radius 3 is 2.58 bits per heavy atom. The highest BCUT2D eigenvalue weighted by Crippen LogP contribution is 2.20. The topological polar surface area (TPSA) is 12.9 Å². The lowest BCUT2D eigenvalue weighted by Crippen LogP contribution is -1.94. The van der Waals surface area contributed by atoms with Crippen molar-refractivity contribution in [2.45, 2.75) is 12.3 Å². The third-order valence-corrected chi connectivity index (χ3v) is 1.53. The van der Waals surface area contributed by atoms with Crippen molar-refractivity contribution in [2.24, 2.45) is 0 Å². The number of rotatable bonds is 2. The van der Waals surface area contributed by atoms with Crippen LogP contribution in [0.2, 0.25) is 0 Å². The zero-order valence-corrected chi connectivity index (χ0v) is 6.65. The zero-order valence-electron chi connectivity index (χ0n) is 5.90. The van der Waals surface area contributed by atoms with Gasteiger partial charge in [-0.25, -0.2) is 13.8 Å². The van der Waals surface area contributed by atoms with Crippen LogP contribution in [-0.2, 0) is 5.88 Å². The minimum absolute atomic E-state index is 0.0719. The highest BCUT2D eigenvalue weighted by atomic mass is 35.5. The van der Waals surface area contributed by atoms with Crippen molar-refractivity contribution in [3.63, 3.8) is 0 Å². The van der Waals surface area contributed by atoms with Crippen LogP contribution in [0.15, 0.2) is 12.1 Å². The summed E-state index contributed by atoms with van der Waals surface area (Å²) in [5.74, 6) is -0.999. The number of alkyl halides is 3. The van der Waals surface area contributed by atoms with Crippen molar-refractivity contribution in [3.05, 3.63) is 29.3 Å². The second-order valence-corrected chi connectivity index (χ2v) is 2.42. The van der Waals surface area contributed by atoms with Gasteiger partial charge in [0.05, 0.1) is 11.6 Å². The van der Waals surface area contributed by atoms with Crippen LogP contribution >= 0.6 is 11.6 Å². The van der Waals surface area contributed by atoms with Crippen LogP contribution in [0.5, 0.6) is 0 Å². The third kappa shape index (κ3) is 2.11. The van der Waals surface area contributed by atoms with Gasteiger partial charge in [0.25, 0.3) is 6.43 Å². The van der Waals surface area contributed by atoms with Crippen molar-refractivity contribution in [2.75, 3.05) is 0 Å². The van der Waals surface area contributed by atoms with Gasteiger partial charge in [-0.1, -0.05) is 0 Å². The minimum Gasteiger partial charge on any atom is -0.224 e. The molecule has 1 heterocycles. The van der Waals surface area contributed by atoms with E-state index in [2.05, 4.69) is 4.98 Å². The van der Waals surface area contributed by atoms with E-state index >= 15 is 0 Å². The Hall–Kier alpha value is -0.770. The molecule has 66 valence electrons. The Kier molecular flexibility index (Phi) is 2.92. The Morgan fingerprint density at radius 2 is 2.08 bits per heavy atom. The van der Waals surface area contributed by atoms with Crippen molar-refractivity contribution >= 4 is 11.6 Å². The van der Waals surface area contributed by atoms with E-state index in [1.54, 1.807) is 0 Å². The highest BCUT2D eigenvalue weighted by molar-refractivity contribution is 6.16. The first-order valence-electron chi connectivity index (χ1n) is 3.14. The van der Waals surface area contributed by atoms with Gasteiger partial charge in [-0.3, -0.25) is 0 Å². The predicted molar refractivity (Wildman–Crippen MR) is 38.7 cm³/mol. The normalized spacial score (nSPS) is 10.8. The fourth-order valence-corrected chi connectivity index (χ4v) is 0.905. The van der Waals surface area contributed by atoms with E-state index in [-0.39, 0.29) is 11.6 Å². The molecule has 0 radical (unpaired) electrons. The summed E-state index contributed by atoms with van der Waals surface area (Å²) >= 11 is 5.30. The molecule has 12 heavy (non-hydrogen) atoms. The molecule has 0 aliphatic heterocycles. The maximum absolute atomic E-state index is 12.5. The smallest absolute Gasteiger partial charge is 0.224 e. The fourth-order valence-electron chi connectivity index (χ4n) is 0.768. The fraction of sp³-hybridized carbons (Fsp3) is 0.286. The molecule has 5 heteroatoms. The maximum atomic E-state index is 12.5. The van der Waals surface area contributed by atoms with Gasteiger partial charge in [0.1, 0.15) is 0 Å². The number of nitrogens with zero attached hydrogens (tertiary/aromatic N) is 1. The molecule has 0 aromatic carbocycles. The molecule has 1 aromatic heterocycles. The first-order valence-corrected chi connectivity index (χ1v) is 3.67. The minimum atomic E-state index is -2.69. The van der Waals surface area contributed by atoms with Crippen molar-refractivity contribution in [1.29, 1.82) is 0 Å². The first-order chi connectivity index (χ1) is 5.63. The summed E-state index contributed by atoms with van der Waals surface area (Å²) in [5.41, 5.74) is -0.273. The van der Waals surface area contributed by atoms with Crippen LogP contribution < -0.4 is 0 Å². The molecule has 0 aliphatic rings. The van der Waals surface area contributed by atoms with Crippen LogP contribution in [-0.4, -0.2) is 4.98 Å². The SMILES string of the molecule is Fc1cc(C(F)F)cc(CCl)n1. The Morgan fingerprint density at radius 1 is 1.42 bits per heavy atom. The second kappa shape index (κ2) is 3.76. The Balaban J connectivity index is 3.06. The molecule has 0 saturated heterocycles. The summed E-state index contributed by atoms with van der Waals surface area (Å²) in [6.07, 6.45) is -2.69. The molecule has 1 nitrogen and oxygen atoms in total. The first kappa shape index (κ1) is 9.32. The average Bonchev–Trinajstić information content (AvgIpc) is 2.03. The Labute approximate surface area is 72.2 Å². The van der Waals surface area contributed by atoms with Crippen molar-refractivity contribution < 1.29 is 13.2 Å². The van der Waals surface area contributed by atoms with Crippen LogP contribution in [0.1, 0.15) is 17.7 Å². The lowest BCUT2D eigenvalue weighted by atomic mass is 10.2. The molecule has 1 aromatic rings. The summed E-state index contributed by atoms with van der Waals surface area (Å²) < 4.78 is 36.5. The number of hydrogen-bond donors (Lipinski definition) is 0. The summed E-state index contributed by atoms with van der Waals surface area (Å²) in [4.78, 5) is 3.30. The average molecular weight is 196 g/mol. The molecule has 0 fully saturated rings. The van der Waals surface area contributed by atoms with Gasteiger partial charge in [-0.15, -0.1) is 11.6 Å². The molecule has 1 rings (SSSR count). The van der Waals surface area contributed by atoms with E-state index in [9.17, 15) is 13.2 Å². The monoisotopic (exact) mass is 195 g/mol. The van der Waals surface area contributed by atoms with Gasteiger partial charge in [0.2, 0.25) is 5.95 Å². The molecule has 0 aliphatic carbocycles. The molecular formula is C7H5ClF3N.